The van der Waals surface area contributed by atoms with Crippen molar-refractivity contribution in [2.45, 2.75) is 38.5 Å². The minimum absolute atomic E-state index is 0.148. The number of sulfonamides is 1. The smallest absolute Gasteiger partial charge is 0.251 e. The van der Waals surface area contributed by atoms with Crippen LogP contribution in [-0.2, 0) is 16.4 Å². The second-order valence-corrected chi connectivity index (χ2v) is 8.71. The zero-order chi connectivity index (χ0) is 21.4. The van der Waals surface area contributed by atoms with Crippen LogP contribution in [0.2, 0.25) is 0 Å². The lowest BCUT2D eigenvalue weighted by molar-refractivity contribution is 0.0952. The molecule has 158 valence electrons. The van der Waals surface area contributed by atoms with Gasteiger partial charge in [-0.1, -0.05) is 32.0 Å². The second kappa shape index (κ2) is 10.4. The highest BCUT2D eigenvalue weighted by atomic mass is 32.2. The lowest BCUT2D eigenvalue weighted by atomic mass is 10.1. The van der Waals surface area contributed by atoms with E-state index in [9.17, 15) is 13.2 Å². The van der Waals surface area contributed by atoms with Crippen molar-refractivity contribution in [3.63, 3.8) is 0 Å². The molecule has 1 N–H and O–H groups in total. The van der Waals surface area contributed by atoms with Gasteiger partial charge in [0.05, 0.1) is 12.0 Å². The molecule has 0 aliphatic rings. The summed E-state index contributed by atoms with van der Waals surface area (Å²) in [4.78, 5) is 12.8. The van der Waals surface area contributed by atoms with Gasteiger partial charge in [0.1, 0.15) is 5.75 Å². The van der Waals surface area contributed by atoms with E-state index in [-0.39, 0.29) is 10.8 Å². The molecule has 29 heavy (non-hydrogen) atoms. The quantitative estimate of drug-likeness (QED) is 0.600. The van der Waals surface area contributed by atoms with Crippen LogP contribution in [0.5, 0.6) is 5.75 Å². The molecule has 0 spiro atoms. The molecule has 2 rings (SSSR count). The zero-order valence-corrected chi connectivity index (χ0v) is 18.4. The number of hydrogen-bond acceptors (Lipinski definition) is 4. The predicted octanol–water partition coefficient (Wildman–Crippen LogP) is 3.40. The van der Waals surface area contributed by atoms with E-state index in [1.807, 2.05) is 24.3 Å². The molecule has 0 fully saturated rings. The first kappa shape index (κ1) is 22.9. The topological polar surface area (TPSA) is 75.7 Å². The predicted molar refractivity (Wildman–Crippen MR) is 115 cm³/mol. The summed E-state index contributed by atoms with van der Waals surface area (Å²) >= 11 is 0. The van der Waals surface area contributed by atoms with Gasteiger partial charge in [-0.05, 0) is 55.2 Å². The Morgan fingerprint density at radius 1 is 1.07 bits per heavy atom. The molecule has 0 bridgehead atoms. The number of hydrogen-bond donors (Lipinski definition) is 1. The molecule has 1 amide bonds. The van der Waals surface area contributed by atoms with E-state index in [2.05, 4.69) is 5.32 Å². The van der Waals surface area contributed by atoms with Gasteiger partial charge in [0.25, 0.3) is 5.91 Å². The Balaban J connectivity index is 2.01. The minimum Gasteiger partial charge on any atom is -0.497 e. The molecule has 0 atom stereocenters. The summed E-state index contributed by atoms with van der Waals surface area (Å²) in [5.41, 5.74) is 2.31. The molecular formula is C22H30N2O4S. The number of methoxy groups -OCH3 is 1. The van der Waals surface area contributed by atoms with Gasteiger partial charge in [0.2, 0.25) is 10.0 Å². The summed E-state index contributed by atoms with van der Waals surface area (Å²) in [7, 11) is -1.96. The highest BCUT2D eigenvalue weighted by Crippen LogP contribution is 2.19. The molecular weight excluding hydrogens is 388 g/mol. The minimum atomic E-state index is -3.60. The Bertz CT molecular complexity index is 920. The maximum atomic E-state index is 12.7. The maximum Gasteiger partial charge on any atom is 0.251 e. The van der Waals surface area contributed by atoms with Crippen molar-refractivity contribution < 1.29 is 17.9 Å². The molecule has 0 aliphatic carbocycles. The van der Waals surface area contributed by atoms with Gasteiger partial charge < -0.3 is 10.1 Å². The van der Waals surface area contributed by atoms with Crippen LogP contribution in [0.25, 0.3) is 0 Å². The van der Waals surface area contributed by atoms with Gasteiger partial charge >= 0.3 is 0 Å². The number of carbonyl (C=O) groups excluding carboxylic acids is 1. The van der Waals surface area contributed by atoms with Crippen LogP contribution in [0.15, 0.2) is 47.4 Å². The van der Waals surface area contributed by atoms with E-state index in [0.29, 0.717) is 25.2 Å². The standard InChI is InChI=1S/C22H30N2O4S/c1-5-24(6-2)29(26,27)20-14-9-17(3)21(16-20)22(25)23-15-7-8-18-10-12-19(28-4)13-11-18/h9-14,16H,5-8,15H2,1-4H3,(H,23,25). The molecule has 0 saturated carbocycles. The van der Waals surface area contributed by atoms with E-state index in [0.717, 1.165) is 24.2 Å². The van der Waals surface area contributed by atoms with Gasteiger partial charge in [0, 0.05) is 25.2 Å². The van der Waals surface area contributed by atoms with Crippen LogP contribution >= 0.6 is 0 Å². The van der Waals surface area contributed by atoms with E-state index in [1.165, 1.54) is 15.9 Å². The molecule has 0 radical (unpaired) electrons. The van der Waals surface area contributed by atoms with Gasteiger partial charge in [-0.25, -0.2) is 8.42 Å². The normalized spacial score (nSPS) is 11.5. The SMILES string of the molecule is CCN(CC)S(=O)(=O)c1ccc(C)c(C(=O)NCCCc2ccc(OC)cc2)c1. The lowest BCUT2D eigenvalue weighted by Crippen LogP contribution is -2.31. The van der Waals surface area contributed by atoms with E-state index < -0.39 is 10.0 Å². The highest BCUT2D eigenvalue weighted by Gasteiger charge is 2.23. The fourth-order valence-corrected chi connectivity index (χ4v) is 4.59. The summed E-state index contributed by atoms with van der Waals surface area (Å²) < 4.78 is 32.0. The zero-order valence-electron chi connectivity index (χ0n) is 17.6. The Labute approximate surface area is 173 Å². The average Bonchev–Trinajstić information content (AvgIpc) is 2.72. The van der Waals surface area contributed by atoms with Crippen LogP contribution in [0.3, 0.4) is 0 Å². The number of nitrogens with zero attached hydrogens (tertiary/aromatic N) is 1. The third kappa shape index (κ3) is 5.81. The molecule has 0 unspecified atom stereocenters. The van der Waals surface area contributed by atoms with Crippen LogP contribution in [0.4, 0.5) is 0 Å². The van der Waals surface area contributed by atoms with Gasteiger partial charge in [0.15, 0.2) is 0 Å². The summed E-state index contributed by atoms with van der Waals surface area (Å²) in [6, 6.07) is 12.6. The maximum absolute atomic E-state index is 12.7. The third-order valence-electron chi connectivity index (χ3n) is 4.88. The Morgan fingerprint density at radius 2 is 1.72 bits per heavy atom. The molecule has 6 nitrogen and oxygen atoms in total. The first-order chi connectivity index (χ1) is 13.8. The number of ether oxygens (including phenoxy) is 1. The number of aryl methyl sites for hydroxylation is 2. The Kier molecular flexibility index (Phi) is 8.22. The Hall–Kier alpha value is -2.38. The van der Waals surface area contributed by atoms with E-state index in [1.54, 1.807) is 40.0 Å². The van der Waals surface area contributed by atoms with E-state index in [4.69, 9.17) is 4.74 Å². The highest BCUT2D eigenvalue weighted by molar-refractivity contribution is 7.89. The van der Waals surface area contributed by atoms with Crippen molar-refractivity contribution in [3.8, 4) is 5.75 Å². The van der Waals surface area contributed by atoms with Crippen LogP contribution in [0.1, 0.15) is 41.8 Å². The molecule has 0 aliphatic heterocycles. The number of nitrogens with one attached hydrogen (secondary N) is 1. The summed E-state index contributed by atoms with van der Waals surface area (Å²) in [5, 5.41) is 2.90. The number of benzene rings is 2. The van der Waals surface area contributed by atoms with Crippen LogP contribution < -0.4 is 10.1 Å². The fraction of sp³-hybridized carbons (Fsp3) is 0.409. The van der Waals surface area contributed by atoms with Crippen LogP contribution in [-0.4, -0.2) is 45.4 Å². The summed E-state index contributed by atoms with van der Waals surface area (Å²) in [6.07, 6.45) is 1.62. The fourth-order valence-electron chi connectivity index (χ4n) is 3.10. The monoisotopic (exact) mass is 418 g/mol. The Morgan fingerprint density at radius 3 is 2.31 bits per heavy atom. The summed E-state index contributed by atoms with van der Waals surface area (Å²) in [5.74, 6) is 0.561. The largest absolute Gasteiger partial charge is 0.497 e. The first-order valence-corrected chi connectivity index (χ1v) is 11.3. The molecule has 0 heterocycles. The van der Waals surface area contributed by atoms with Crippen molar-refractivity contribution in [1.29, 1.82) is 0 Å². The molecule has 0 saturated heterocycles. The van der Waals surface area contributed by atoms with E-state index >= 15 is 0 Å². The molecule has 7 heteroatoms. The summed E-state index contributed by atoms with van der Waals surface area (Å²) in [6.45, 7) is 6.69. The number of rotatable bonds is 10. The first-order valence-electron chi connectivity index (χ1n) is 9.85. The van der Waals surface area contributed by atoms with Gasteiger partial charge in [-0.2, -0.15) is 4.31 Å². The van der Waals surface area contributed by atoms with Crippen molar-refractivity contribution >= 4 is 15.9 Å². The third-order valence-corrected chi connectivity index (χ3v) is 6.93. The molecule has 2 aromatic rings. The lowest BCUT2D eigenvalue weighted by Gasteiger charge is -2.19. The molecule has 2 aromatic carbocycles. The van der Waals surface area contributed by atoms with Gasteiger partial charge in [-0.15, -0.1) is 0 Å². The second-order valence-electron chi connectivity index (χ2n) is 6.77. The van der Waals surface area contributed by atoms with Crippen molar-refractivity contribution in [1.82, 2.24) is 9.62 Å². The van der Waals surface area contributed by atoms with Crippen LogP contribution in [0, 0.1) is 6.92 Å². The molecule has 0 aromatic heterocycles. The van der Waals surface area contributed by atoms with Crippen molar-refractivity contribution in [3.05, 3.63) is 59.2 Å². The average molecular weight is 419 g/mol. The van der Waals surface area contributed by atoms with Gasteiger partial charge in [-0.3, -0.25) is 4.79 Å². The number of amides is 1. The van der Waals surface area contributed by atoms with Crippen molar-refractivity contribution in [2.75, 3.05) is 26.7 Å². The number of carbonyl (C=O) groups is 1. The van der Waals surface area contributed by atoms with Crippen molar-refractivity contribution in [2.24, 2.45) is 0 Å².